The van der Waals surface area contributed by atoms with E-state index < -0.39 is 0 Å². The highest BCUT2D eigenvalue weighted by molar-refractivity contribution is 5.89. The Bertz CT molecular complexity index is 567. The van der Waals surface area contributed by atoms with Crippen LogP contribution in [0.1, 0.15) is 27.2 Å². The number of hydrogen-bond acceptors (Lipinski definition) is 4. The average Bonchev–Trinajstić information content (AvgIpc) is 3.00. The molecular formula is C18H26N2O4. The summed E-state index contributed by atoms with van der Waals surface area (Å²) in [4.78, 5) is 14.3. The van der Waals surface area contributed by atoms with Gasteiger partial charge in [0, 0.05) is 18.7 Å². The quantitative estimate of drug-likeness (QED) is 0.923. The number of carbonyl (C=O) groups excluding carboxylic acids is 1. The second-order valence-electron chi connectivity index (χ2n) is 7.13. The molecule has 132 valence electrons. The average molecular weight is 334 g/mol. The largest absolute Gasteiger partial charge is 0.488 e. The molecule has 1 aromatic rings. The fourth-order valence-corrected chi connectivity index (χ4v) is 3.23. The van der Waals surface area contributed by atoms with Gasteiger partial charge in [-0.1, -0.05) is 0 Å². The van der Waals surface area contributed by atoms with Crippen LogP contribution in [0.4, 0.5) is 10.5 Å². The number of rotatable bonds is 3. The highest BCUT2D eigenvalue weighted by atomic mass is 16.5. The third kappa shape index (κ3) is 4.39. The summed E-state index contributed by atoms with van der Waals surface area (Å²) < 4.78 is 17.0. The predicted molar refractivity (Wildman–Crippen MR) is 91.5 cm³/mol. The molecule has 0 spiro atoms. The van der Waals surface area contributed by atoms with Crippen molar-refractivity contribution in [3.05, 3.63) is 24.3 Å². The van der Waals surface area contributed by atoms with Crippen molar-refractivity contribution in [1.82, 2.24) is 4.90 Å². The highest BCUT2D eigenvalue weighted by Crippen LogP contribution is 2.23. The number of urea groups is 1. The van der Waals surface area contributed by atoms with Crippen LogP contribution in [0.2, 0.25) is 0 Å². The Kier molecular flexibility index (Phi) is 4.96. The van der Waals surface area contributed by atoms with Crippen molar-refractivity contribution in [3.63, 3.8) is 0 Å². The number of nitrogens with zero attached hydrogens (tertiary/aromatic N) is 1. The Hall–Kier alpha value is -1.79. The number of benzene rings is 1. The fraction of sp³-hybridized carbons (Fsp3) is 0.611. The van der Waals surface area contributed by atoms with Gasteiger partial charge in [-0.2, -0.15) is 0 Å². The minimum atomic E-state index is -0.323. The number of carbonyl (C=O) groups is 1. The van der Waals surface area contributed by atoms with Gasteiger partial charge in [0.2, 0.25) is 0 Å². The lowest BCUT2D eigenvalue weighted by Crippen LogP contribution is -2.54. The lowest BCUT2D eigenvalue weighted by Gasteiger charge is -2.41. The summed E-state index contributed by atoms with van der Waals surface area (Å²) in [6.45, 7) is 8.56. The number of amides is 2. The van der Waals surface area contributed by atoms with E-state index in [-0.39, 0.29) is 23.8 Å². The summed E-state index contributed by atoms with van der Waals surface area (Å²) in [6.07, 6.45) is 1.08. The molecule has 0 aromatic heterocycles. The molecule has 3 rings (SSSR count). The zero-order valence-electron chi connectivity index (χ0n) is 14.6. The molecule has 0 aliphatic carbocycles. The fourth-order valence-electron chi connectivity index (χ4n) is 3.23. The molecule has 2 amide bonds. The third-order valence-electron chi connectivity index (χ3n) is 4.15. The standard InChI is InChI=1S/C18H26N2O4/c1-13-10-20(12-18(2,3)24-13)17(21)19-14-4-6-15(7-5-14)23-16-8-9-22-11-16/h4-7,13,16H,8-12H2,1-3H3,(H,19,21)/t13-,16-/m1/s1. The third-order valence-corrected chi connectivity index (χ3v) is 4.15. The van der Waals surface area contributed by atoms with Crippen molar-refractivity contribution >= 4 is 11.7 Å². The number of hydrogen-bond donors (Lipinski definition) is 1. The molecule has 1 aromatic carbocycles. The summed E-state index contributed by atoms with van der Waals surface area (Å²) in [5.41, 5.74) is 0.433. The van der Waals surface area contributed by atoms with Crippen LogP contribution in [-0.4, -0.2) is 55.0 Å². The van der Waals surface area contributed by atoms with Gasteiger partial charge in [-0.15, -0.1) is 0 Å². The van der Waals surface area contributed by atoms with Crippen LogP contribution < -0.4 is 10.1 Å². The maximum atomic E-state index is 12.5. The van der Waals surface area contributed by atoms with Crippen molar-refractivity contribution in [1.29, 1.82) is 0 Å². The summed E-state index contributed by atoms with van der Waals surface area (Å²) in [7, 11) is 0. The Labute approximate surface area is 143 Å². The van der Waals surface area contributed by atoms with Crippen LogP contribution in [-0.2, 0) is 9.47 Å². The van der Waals surface area contributed by atoms with E-state index >= 15 is 0 Å². The molecule has 2 aliphatic rings. The molecule has 2 heterocycles. The number of nitrogens with one attached hydrogen (secondary N) is 1. The first-order valence-electron chi connectivity index (χ1n) is 8.49. The van der Waals surface area contributed by atoms with Crippen molar-refractivity contribution < 1.29 is 19.0 Å². The summed E-state index contributed by atoms with van der Waals surface area (Å²) in [5, 5.41) is 2.94. The normalized spacial score (nSPS) is 26.2. The Morgan fingerprint density at radius 3 is 2.71 bits per heavy atom. The number of anilines is 1. The Morgan fingerprint density at radius 1 is 1.33 bits per heavy atom. The van der Waals surface area contributed by atoms with E-state index in [2.05, 4.69) is 5.32 Å². The summed E-state index contributed by atoms with van der Waals surface area (Å²) >= 11 is 0. The van der Waals surface area contributed by atoms with Crippen molar-refractivity contribution in [3.8, 4) is 5.75 Å². The van der Waals surface area contributed by atoms with E-state index in [0.717, 1.165) is 24.5 Å². The Balaban J connectivity index is 1.56. The van der Waals surface area contributed by atoms with E-state index in [1.165, 1.54) is 0 Å². The lowest BCUT2D eigenvalue weighted by atomic mass is 10.1. The molecule has 1 N–H and O–H groups in total. The second kappa shape index (κ2) is 6.99. The molecular weight excluding hydrogens is 308 g/mol. The first-order chi connectivity index (χ1) is 11.4. The number of morpholine rings is 1. The van der Waals surface area contributed by atoms with E-state index in [1.807, 2.05) is 45.0 Å². The summed E-state index contributed by atoms with van der Waals surface area (Å²) in [6, 6.07) is 7.37. The molecule has 2 fully saturated rings. The predicted octanol–water partition coefficient (Wildman–Crippen LogP) is 2.89. The molecule has 6 nitrogen and oxygen atoms in total. The molecule has 6 heteroatoms. The van der Waals surface area contributed by atoms with Crippen molar-refractivity contribution in [2.45, 2.75) is 45.0 Å². The molecule has 2 saturated heterocycles. The first-order valence-corrected chi connectivity index (χ1v) is 8.49. The SMILES string of the molecule is C[C@@H]1CN(C(=O)Nc2ccc(O[C@@H]3CCOC3)cc2)CC(C)(C)O1. The second-order valence-corrected chi connectivity index (χ2v) is 7.13. The van der Waals surface area contributed by atoms with E-state index in [9.17, 15) is 4.79 Å². The summed E-state index contributed by atoms with van der Waals surface area (Å²) in [5.74, 6) is 0.796. The van der Waals surface area contributed by atoms with Crippen LogP contribution in [0.15, 0.2) is 24.3 Å². The van der Waals surface area contributed by atoms with E-state index in [1.54, 1.807) is 4.90 Å². The molecule has 0 radical (unpaired) electrons. The smallest absolute Gasteiger partial charge is 0.322 e. The maximum absolute atomic E-state index is 12.5. The molecule has 0 saturated carbocycles. The van der Waals surface area contributed by atoms with Gasteiger partial charge in [-0.05, 0) is 45.0 Å². The van der Waals surface area contributed by atoms with Gasteiger partial charge in [0.1, 0.15) is 11.9 Å². The van der Waals surface area contributed by atoms with Gasteiger partial charge in [-0.25, -0.2) is 4.79 Å². The number of ether oxygens (including phenoxy) is 3. The highest BCUT2D eigenvalue weighted by Gasteiger charge is 2.33. The van der Waals surface area contributed by atoms with Gasteiger partial charge in [0.25, 0.3) is 0 Å². The van der Waals surface area contributed by atoms with Gasteiger partial charge in [-0.3, -0.25) is 0 Å². The van der Waals surface area contributed by atoms with Crippen molar-refractivity contribution in [2.75, 3.05) is 31.6 Å². The van der Waals surface area contributed by atoms with Crippen LogP contribution in [0.25, 0.3) is 0 Å². The van der Waals surface area contributed by atoms with Crippen LogP contribution in [0.3, 0.4) is 0 Å². The minimum absolute atomic E-state index is 0.0314. The maximum Gasteiger partial charge on any atom is 0.322 e. The van der Waals surface area contributed by atoms with Crippen LogP contribution in [0.5, 0.6) is 5.75 Å². The topological polar surface area (TPSA) is 60.0 Å². The van der Waals surface area contributed by atoms with Gasteiger partial charge in [0.05, 0.1) is 31.5 Å². The lowest BCUT2D eigenvalue weighted by molar-refractivity contribution is -0.116. The monoisotopic (exact) mass is 334 g/mol. The van der Waals surface area contributed by atoms with Crippen LogP contribution in [0, 0.1) is 0 Å². The zero-order chi connectivity index (χ0) is 17.2. The first kappa shape index (κ1) is 17.0. The molecule has 0 unspecified atom stereocenters. The van der Waals surface area contributed by atoms with E-state index in [4.69, 9.17) is 14.2 Å². The molecule has 2 atom stereocenters. The minimum Gasteiger partial charge on any atom is -0.488 e. The van der Waals surface area contributed by atoms with E-state index in [0.29, 0.717) is 19.7 Å². The zero-order valence-corrected chi connectivity index (χ0v) is 14.6. The molecule has 24 heavy (non-hydrogen) atoms. The van der Waals surface area contributed by atoms with Gasteiger partial charge < -0.3 is 24.4 Å². The van der Waals surface area contributed by atoms with Gasteiger partial charge in [0.15, 0.2) is 0 Å². The molecule has 2 aliphatic heterocycles. The van der Waals surface area contributed by atoms with Crippen molar-refractivity contribution in [2.24, 2.45) is 0 Å². The van der Waals surface area contributed by atoms with Crippen LogP contribution >= 0.6 is 0 Å². The van der Waals surface area contributed by atoms with Gasteiger partial charge >= 0.3 is 6.03 Å². The Morgan fingerprint density at radius 2 is 2.08 bits per heavy atom. The molecule has 0 bridgehead atoms.